The van der Waals surface area contributed by atoms with Gasteiger partial charge in [-0.15, -0.1) is 0 Å². The summed E-state index contributed by atoms with van der Waals surface area (Å²) < 4.78 is 0. The van der Waals surface area contributed by atoms with Crippen LogP contribution in [-0.2, 0) is 0 Å². The lowest BCUT2D eigenvalue weighted by atomic mass is 10.0. The first-order chi connectivity index (χ1) is 12.8. The monoisotopic (exact) mass is 351 g/mol. The Morgan fingerprint density at radius 2 is 1.58 bits per heavy atom. The summed E-state index contributed by atoms with van der Waals surface area (Å²) in [5.41, 5.74) is 2.54. The Morgan fingerprint density at radius 1 is 0.885 bits per heavy atom. The molecule has 3 heterocycles. The van der Waals surface area contributed by atoms with Crippen LogP contribution in [-0.4, -0.2) is 42.2 Å². The quantitative estimate of drug-likeness (QED) is 0.906. The number of hydrogen-bond donors (Lipinski definition) is 1. The second-order valence-corrected chi connectivity index (χ2v) is 7.56. The number of nitrogens with one attached hydrogen (secondary N) is 1. The van der Waals surface area contributed by atoms with Crippen molar-refractivity contribution in [3.05, 3.63) is 42.2 Å². The van der Waals surface area contributed by atoms with E-state index in [1.54, 1.807) is 6.33 Å². The van der Waals surface area contributed by atoms with Gasteiger partial charge < -0.3 is 15.1 Å². The predicted molar refractivity (Wildman–Crippen MR) is 108 cm³/mol. The van der Waals surface area contributed by atoms with Gasteiger partial charge in [-0.1, -0.05) is 12.1 Å². The second-order valence-electron chi connectivity index (χ2n) is 7.56. The topological polar surface area (TPSA) is 44.3 Å². The summed E-state index contributed by atoms with van der Waals surface area (Å²) in [5, 5.41) is 3.69. The first kappa shape index (κ1) is 17.1. The van der Waals surface area contributed by atoms with Crippen LogP contribution in [0.25, 0.3) is 0 Å². The van der Waals surface area contributed by atoms with Crippen LogP contribution in [0.3, 0.4) is 0 Å². The first-order valence-electron chi connectivity index (χ1n) is 9.93. The van der Waals surface area contributed by atoms with E-state index in [0.29, 0.717) is 6.04 Å². The van der Waals surface area contributed by atoms with Gasteiger partial charge in [0, 0.05) is 44.0 Å². The highest BCUT2D eigenvalue weighted by atomic mass is 15.2. The molecule has 2 saturated heterocycles. The predicted octanol–water partition coefficient (Wildman–Crippen LogP) is 3.86. The van der Waals surface area contributed by atoms with E-state index in [1.165, 1.54) is 30.5 Å². The Morgan fingerprint density at radius 3 is 2.27 bits per heavy atom. The number of rotatable bonds is 4. The molecule has 2 aromatic rings. The molecule has 0 radical (unpaired) electrons. The molecule has 4 rings (SSSR count). The molecule has 2 fully saturated rings. The number of hydrogen-bond acceptors (Lipinski definition) is 5. The molecule has 0 aliphatic carbocycles. The second kappa shape index (κ2) is 7.94. The fourth-order valence-electron chi connectivity index (χ4n) is 4.03. The number of aromatic nitrogens is 2. The Bertz CT molecular complexity index is 718. The summed E-state index contributed by atoms with van der Waals surface area (Å²) in [7, 11) is 0. The Kier molecular flexibility index (Phi) is 5.23. The zero-order valence-corrected chi connectivity index (χ0v) is 15.7. The summed E-state index contributed by atoms with van der Waals surface area (Å²) in [6, 6.07) is 11.4. The molecule has 1 aromatic carbocycles. The van der Waals surface area contributed by atoms with Gasteiger partial charge in [0.05, 0.1) is 0 Å². The molecular formula is C21H29N5. The third kappa shape index (κ3) is 4.09. The summed E-state index contributed by atoms with van der Waals surface area (Å²) in [6.45, 7) is 6.47. The highest BCUT2D eigenvalue weighted by Gasteiger charge is 2.21. The fraction of sp³-hybridized carbons (Fsp3) is 0.524. The molecule has 138 valence electrons. The molecule has 0 amide bonds. The normalized spacial score (nSPS) is 18.8. The van der Waals surface area contributed by atoms with Gasteiger partial charge in [-0.3, -0.25) is 0 Å². The van der Waals surface area contributed by atoms with Gasteiger partial charge in [-0.2, -0.15) is 0 Å². The van der Waals surface area contributed by atoms with Crippen LogP contribution >= 0.6 is 0 Å². The Hall–Kier alpha value is -2.30. The number of nitrogens with zero attached hydrogens (tertiary/aromatic N) is 4. The highest BCUT2D eigenvalue weighted by Crippen LogP contribution is 2.24. The molecule has 2 aliphatic rings. The number of anilines is 3. The molecule has 0 saturated carbocycles. The summed E-state index contributed by atoms with van der Waals surface area (Å²) in [6.07, 6.45) is 7.89. The molecule has 1 aromatic heterocycles. The van der Waals surface area contributed by atoms with Crippen LogP contribution in [0.15, 0.2) is 36.7 Å². The average molecular weight is 351 g/mol. The maximum absolute atomic E-state index is 4.55. The molecule has 0 unspecified atom stereocenters. The molecule has 0 spiro atoms. The third-order valence-corrected chi connectivity index (χ3v) is 5.53. The molecule has 1 N–H and O–H groups in total. The van der Waals surface area contributed by atoms with Crippen molar-refractivity contribution in [3.63, 3.8) is 0 Å². The van der Waals surface area contributed by atoms with Gasteiger partial charge in [0.1, 0.15) is 18.0 Å². The molecular weight excluding hydrogens is 322 g/mol. The fourth-order valence-corrected chi connectivity index (χ4v) is 4.03. The average Bonchev–Trinajstić information content (AvgIpc) is 2.69. The van der Waals surface area contributed by atoms with E-state index in [2.05, 4.69) is 62.3 Å². The largest absolute Gasteiger partial charge is 0.382 e. The Balaban J connectivity index is 1.35. The van der Waals surface area contributed by atoms with Crippen LogP contribution in [0.4, 0.5) is 17.3 Å². The van der Waals surface area contributed by atoms with Gasteiger partial charge in [-0.05, 0) is 56.7 Å². The van der Waals surface area contributed by atoms with E-state index in [-0.39, 0.29) is 0 Å². The first-order valence-corrected chi connectivity index (χ1v) is 9.93. The molecule has 5 heteroatoms. The van der Waals surface area contributed by atoms with Crippen molar-refractivity contribution in [2.75, 3.05) is 41.3 Å². The summed E-state index contributed by atoms with van der Waals surface area (Å²) >= 11 is 0. The van der Waals surface area contributed by atoms with Crippen molar-refractivity contribution in [1.82, 2.24) is 9.97 Å². The zero-order chi connectivity index (χ0) is 17.8. The van der Waals surface area contributed by atoms with Crippen LogP contribution < -0.4 is 15.1 Å². The lowest BCUT2D eigenvalue weighted by Crippen LogP contribution is -2.39. The van der Waals surface area contributed by atoms with Gasteiger partial charge >= 0.3 is 0 Å². The van der Waals surface area contributed by atoms with Crippen LogP contribution in [0.1, 0.15) is 37.7 Å². The maximum Gasteiger partial charge on any atom is 0.134 e. The van der Waals surface area contributed by atoms with Gasteiger partial charge in [-0.25, -0.2) is 9.97 Å². The number of aryl methyl sites for hydroxylation is 1. The van der Waals surface area contributed by atoms with Crippen molar-refractivity contribution in [3.8, 4) is 0 Å². The van der Waals surface area contributed by atoms with E-state index in [1.807, 2.05) is 0 Å². The smallest absolute Gasteiger partial charge is 0.134 e. The van der Waals surface area contributed by atoms with E-state index < -0.39 is 0 Å². The third-order valence-electron chi connectivity index (χ3n) is 5.53. The van der Waals surface area contributed by atoms with E-state index in [0.717, 1.165) is 50.7 Å². The SMILES string of the molecule is Cc1cccc(NC2CCN(c3cc(N4CCCCC4)ncn3)CC2)c1. The van der Waals surface area contributed by atoms with Crippen molar-refractivity contribution in [1.29, 1.82) is 0 Å². The summed E-state index contributed by atoms with van der Waals surface area (Å²) in [5.74, 6) is 2.17. The van der Waals surface area contributed by atoms with Gasteiger partial charge in [0.25, 0.3) is 0 Å². The minimum atomic E-state index is 0.538. The number of benzene rings is 1. The van der Waals surface area contributed by atoms with Crippen molar-refractivity contribution >= 4 is 17.3 Å². The molecule has 0 atom stereocenters. The standard InChI is InChI=1S/C21H29N5/c1-17-6-5-7-19(14-17)24-18-8-12-26(13-9-18)21-15-20(22-16-23-21)25-10-3-2-4-11-25/h5-7,14-16,18,24H,2-4,8-13H2,1H3. The van der Waals surface area contributed by atoms with Crippen molar-refractivity contribution in [2.45, 2.75) is 45.1 Å². The van der Waals surface area contributed by atoms with Crippen LogP contribution in [0, 0.1) is 6.92 Å². The minimum absolute atomic E-state index is 0.538. The lowest BCUT2D eigenvalue weighted by Gasteiger charge is -2.34. The molecule has 2 aliphatic heterocycles. The Labute approximate surface area is 156 Å². The van der Waals surface area contributed by atoms with E-state index in [4.69, 9.17) is 0 Å². The number of piperidine rings is 2. The van der Waals surface area contributed by atoms with Gasteiger partial charge in [0.2, 0.25) is 0 Å². The van der Waals surface area contributed by atoms with Crippen LogP contribution in [0.2, 0.25) is 0 Å². The van der Waals surface area contributed by atoms with Crippen molar-refractivity contribution < 1.29 is 0 Å². The van der Waals surface area contributed by atoms with E-state index in [9.17, 15) is 0 Å². The highest BCUT2D eigenvalue weighted by molar-refractivity contribution is 5.51. The molecule has 5 nitrogen and oxygen atoms in total. The molecule has 0 bridgehead atoms. The van der Waals surface area contributed by atoms with Gasteiger partial charge in [0.15, 0.2) is 0 Å². The lowest BCUT2D eigenvalue weighted by molar-refractivity contribution is 0.523. The van der Waals surface area contributed by atoms with Crippen molar-refractivity contribution in [2.24, 2.45) is 0 Å². The zero-order valence-electron chi connectivity index (χ0n) is 15.7. The van der Waals surface area contributed by atoms with Crippen LogP contribution in [0.5, 0.6) is 0 Å². The minimum Gasteiger partial charge on any atom is -0.382 e. The molecule has 26 heavy (non-hydrogen) atoms. The van der Waals surface area contributed by atoms with E-state index >= 15 is 0 Å². The summed E-state index contributed by atoms with van der Waals surface area (Å²) in [4.78, 5) is 13.9. The maximum atomic E-state index is 4.55.